The van der Waals surface area contributed by atoms with Gasteiger partial charge in [-0.25, -0.2) is 4.79 Å². The lowest BCUT2D eigenvalue weighted by Crippen LogP contribution is -2.32. The SMILES string of the molecule is CC1CNC(=O)N1c1cccc(N)c1. The summed E-state index contributed by atoms with van der Waals surface area (Å²) in [4.78, 5) is 13.2. The summed E-state index contributed by atoms with van der Waals surface area (Å²) in [6.07, 6.45) is 0. The van der Waals surface area contributed by atoms with Crippen molar-refractivity contribution >= 4 is 17.4 Å². The normalized spacial score (nSPS) is 21.1. The molecule has 0 radical (unpaired) electrons. The Labute approximate surface area is 82.7 Å². The van der Waals surface area contributed by atoms with Crippen molar-refractivity contribution in [2.45, 2.75) is 13.0 Å². The van der Waals surface area contributed by atoms with Crippen LogP contribution in [0.1, 0.15) is 6.92 Å². The summed E-state index contributed by atoms with van der Waals surface area (Å²) in [6, 6.07) is 7.48. The van der Waals surface area contributed by atoms with Crippen LogP contribution < -0.4 is 16.0 Å². The van der Waals surface area contributed by atoms with Gasteiger partial charge in [-0.3, -0.25) is 4.90 Å². The molecule has 2 rings (SSSR count). The summed E-state index contributed by atoms with van der Waals surface area (Å²) >= 11 is 0. The van der Waals surface area contributed by atoms with Gasteiger partial charge in [0.1, 0.15) is 0 Å². The maximum Gasteiger partial charge on any atom is 0.322 e. The van der Waals surface area contributed by atoms with Crippen LogP contribution in [0.3, 0.4) is 0 Å². The summed E-state index contributed by atoms with van der Waals surface area (Å²) in [5.74, 6) is 0. The Balaban J connectivity index is 2.34. The van der Waals surface area contributed by atoms with E-state index >= 15 is 0 Å². The summed E-state index contributed by atoms with van der Waals surface area (Å²) in [7, 11) is 0. The fourth-order valence-electron chi connectivity index (χ4n) is 1.66. The molecule has 1 saturated heterocycles. The van der Waals surface area contributed by atoms with E-state index in [0.29, 0.717) is 12.2 Å². The average molecular weight is 191 g/mol. The Hall–Kier alpha value is -1.71. The standard InChI is InChI=1S/C10H13N3O/c1-7-6-12-10(14)13(7)9-4-2-3-8(11)5-9/h2-5,7H,6,11H2,1H3,(H,12,14). The molecular formula is C10H13N3O. The first-order chi connectivity index (χ1) is 6.68. The van der Waals surface area contributed by atoms with Crippen molar-refractivity contribution in [1.29, 1.82) is 0 Å². The number of nitrogens with one attached hydrogen (secondary N) is 1. The van der Waals surface area contributed by atoms with Crippen molar-refractivity contribution < 1.29 is 4.79 Å². The van der Waals surface area contributed by atoms with Crippen LogP contribution in [0.15, 0.2) is 24.3 Å². The Bertz CT molecular complexity index is 364. The topological polar surface area (TPSA) is 58.4 Å². The van der Waals surface area contributed by atoms with E-state index in [9.17, 15) is 4.79 Å². The smallest absolute Gasteiger partial charge is 0.322 e. The van der Waals surface area contributed by atoms with E-state index in [1.807, 2.05) is 25.1 Å². The van der Waals surface area contributed by atoms with Gasteiger partial charge in [-0.2, -0.15) is 0 Å². The number of nitrogens with two attached hydrogens (primary N) is 1. The van der Waals surface area contributed by atoms with Crippen molar-refractivity contribution in [3.63, 3.8) is 0 Å². The molecule has 1 heterocycles. The van der Waals surface area contributed by atoms with Gasteiger partial charge in [0.2, 0.25) is 0 Å². The molecule has 0 aliphatic carbocycles. The molecule has 3 N–H and O–H groups in total. The van der Waals surface area contributed by atoms with Crippen molar-refractivity contribution in [1.82, 2.24) is 5.32 Å². The fraction of sp³-hybridized carbons (Fsp3) is 0.300. The first-order valence-corrected chi connectivity index (χ1v) is 4.61. The number of amides is 2. The molecule has 0 saturated carbocycles. The molecule has 1 atom stereocenters. The van der Waals surface area contributed by atoms with Gasteiger partial charge >= 0.3 is 6.03 Å². The predicted octanol–water partition coefficient (Wildman–Crippen LogP) is 1.19. The zero-order chi connectivity index (χ0) is 10.1. The van der Waals surface area contributed by atoms with Crippen molar-refractivity contribution in [2.24, 2.45) is 0 Å². The van der Waals surface area contributed by atoms with Crippen LogP contribution in [0.25, 0.3) is 0 Å². The maximum absolute atomic E-state index is 11.5. The molecule has 1 unspecified atom stereocenters. The summed E-state index contributed by atoms with van der Waals surface area (Å²) in [5, 5.41) is 2.78. The number of benzene rings is 1. The average Bonchev–Trinajstić information content (AvgIpc) is 2.46. The van der Waals surface area contributed by atoms with E-state index in [-0.39, 0.29) is 12.1 Å². The molecule has 0 bridgehead atoms. The molecule has 1 aromatic carbocycles. The molecule has 4 heteroatoms. The molecular weight excluding hydrogens is 178 g/mol. The van der Waals surface area contributed by atoms with Gasteiger partial charge in [0.25, 0.3) is 0 Å². The lowest BCUT2D eigenvalue weighted by atomic mass is 10.2. The van der Waals surface area contributed by atoms with E-state index in [4.69, 9.17) is 5.73 Å². The van der Waals surface area contributed by atoms with E-state index in [1.165, 1.54) is 0 Å². The third-order valence-electron chi connectivity index (χ3n) is 2.36. The third-order valence-corrected chi connectivity index (χ3v) is 2.36. The monoisotopic (exact) mass is 191 g/mol. The molecule has 1 aliphatic heterocycles. The van der Waals surface area contributed by atoms with Crippen molar-refractivity contribution in [3.8, 4) is 0 Å². The lowest BCUT2D eigenvalue weighted by Gasteiger charge is -2.19. The highest BCUT2D eigenvalue weighted by Crippen LogP contribution is 2.22. The maximum atomic E-state index is 11.5. The van der Waals surface area contributed by atoms with Gasteiger partial charge in [-0.05, 0) is 25.1 Å². The highest BCUT2D eigenvalue weighted by molar-refractivity contribution is 5.95. The minimum Gasteiger partial charge on any atom is -0.399 e. The zero-order valence-electron chi connectivity index (χ0n) is 8.03. The largest absolute Gasteiger partial charge is 0.399 e. The van der Waals surface area contributed by atoms with Crippen LogP contribution in [0.4, 0.5) is 16.2 Å². The first-order valence-electron chi connectivity index (χ1n) is 4.61. The van der Waals surface area contributed by atoms with Crippen LogP contribution in [-0.4, -0.2) is 18.6 Å². The van der Waals surface area contributed by atoms with E-state index in [1.54, 1.807) is 11.0 Å². The number of urea groups is 1. The number of hydrogen-bond donors (Lipinski definition) is 2. The number of nitrogens with zero attached hydrogens (tertiary/aromatic N) is 1. The Morgan fingerprint density at radius 3 is 2.93 bits per heavy atom. The molecule has 2 amide bonds. The number of carbonyl (C=O) groups is 1. The molecule has 74 valence electrons. The second kappa shape index (κ2) is 3.21. The zero-order valence-corrected chi connectivity index (χ0v) is 8.03. The Morgan fingerprint density at radius 1 is 1.57 bits per heavy atom. The molecule has 1 aromatic rings. The molecule has 4 nitrogen and oxygen atoms in total. The van der Waals surface area contributed by atoms with Gasteiger partial charge in [0.15, 0.2) is 0 Å². The van der Waals surface area contributed by atoms with Crippen LogP contribution in [0.5, 0.6) is 0 Å². The number of carbonyl (C=O) groups excluding carboxylic acids is 1. The van der Waals surface area contributed by atoms with E-state index < -0.39 is 0 Å². The van der Waals surface area contributed by atoms with Gasteiger partial charge < -0.3 is 11.1 Å². The number of nitrogen functional groups attached to an aromatic ring is 1. The van der Waals surface area contributed by atoms with Gasteiger partial charge in [-0.1, -0.05) is 6.07 Å². The number of hydrogen-bond acceptors (Lipinski definition) is 2. The highest BCUT2D eigenvalue weighted by Gasteiger charge is 2.28. The minimum absolute atomic E-state index is 0.0527. The van der Waals surface area contributed by atoms with Crippen LogP contribution >= 0.6 is 0 Å². The summed E-state index contributed by atoms with van der Waals surface area (Å²) in [5.41, 5.74) is 7.19. The van der Waals surface area contributed by atoms with Gasteiger partial charge in [0.05, 0.1) is 6.04 Å². The number of anilines is 2. The van der Waals surface area contributed by atoms with Crippen LogP contribution in [0, 0.1) is 0 Å². The highest BCUT2D eigenvalue weighted by atomic mass is 16.2. The van der Waals surface area contributed by atoms with Crippen molar-refractivity contribution in [2.75, 3.05) is 17.2 Å². The first kappa shape index (κ1) is 8.87. The third kappa shape index (κ3) is 1.39. The van der Waals surface area contributed by atoms with Gasteiger partial charge in [0, 0.05) is 17.9 Å². The van der Waals surface area contributed by atoms with E-state index in [2.05, 4.69) is 5.32 Å². The molecule has 0 aromatic heterocycles. The summed E-state index contributed by atoms with van der Waals surface area (Å²) < 4.78 is 0. The fourth-order valence-corrected chi connectivity index (χ4v) is 1.66. The van der Waals surface area contributed by atoms with Gasteiger partial charge in [-0.15, -0.1) is 0 Å². The van der Waals surface area contributed by atoms with Crippen LogP contribution in [0.2, 0.25) is 0 Å². The Kier molecular flexibility index (Phi) is 2.04. The molecule has 1 aliphatic rings. The lowest BCUT2D eigenvalue weighted by molar-refractivity contribution is 0.252. The summed E-state index contributed by atoms with van der Waals surface area (Å²) in [6.45, 7) is 2.69. The predicted molar refractivity (Wildman–Crippen MR) is 56.2 cm³/mol. The second-order valence-corrected chi connectivity index (χ2v) is 3.50. The van der Waals surface area contributed by atoms with E-state index in [0.717, 1.165) is 5.69 Å². The quantitative estimate of drug-likeness (QED) is 0.655. The minimum atomic E-state index is -0.0527. The molecule has 1 fully saturated rings. The molecule has 14 heavy (non-hydrogen) atoms. The molecule has 0 spiro atoms. The number of rotatable bonds is 1. The second-order valence-electron chi connectivity index (χ2n) is 3.50. The van der Waals surface area contributed by atoms with Crippen molar-refractivity contribution in [3.05, 3.63) is 24.3 Å². The van der Waals surface area contributed by atoms with Crippen LogP contribution in [-0.2, 0) is 0 Å². The Morgan fingerprint density at radius 2 is 2.36 bits per heavy atom.